The van der Waals surface area contributed by atoms with Crippen LogP contribution in [-0.2, 0) is 11.3 Å². The van der Waals surface area contributed by atoms with E-state index in [9.17, 15) is 18.8 Å². The monoisotopic (exact) mass is 481 g/mol. The molecule has 3 amide bonds. The van der Waals surface area contributed by atoms with E-state index in [0.717, 1.165) is 43.4 Å². The van der Waals surface area contributed by atoms with Gasteiger partial charge in [0.15, 0.2) is 0 Å². The summed E-state index contributed by atoms with van der Waals surface area (Å²) in [6.45, 7) is 6.54. The van der Waals surface area contributed by atoms with Crippen molar-refractivity contribution in [2.24, 2.45) is 11.7 Å². The van der Waals surface area contributed by atoms with Crippen molar-refractivity contribution < 1.29 is 18.8 Å². The molecule has 3 N–H and O–H groups in total. The molecule has 1 aromatic heterocycles. The molecule has 1 atom stereocenters. The predicted molar refractivity (Wildman–Crippen MR) is 130 cm³/mol. The largest absolute Gasteiger partial charge is 0.366 e. The van der Waals surface area contributed by atoms with Gasteiger partial charge in [-0.1, -0.05) is 12.8 Å². The molecule has 35 heavy (non-hydrogen) atoms. The Kier molecular flexibility index (Phi) is 7.45. The zero-order chi connectivity index (χ0) is 25.1. The van der Waals surface area contributed by atoms with Crippen molar-refractivity contribution in [3.05, 3.63) is 58.7 Å². The lowest BCUT2D eigenvalue weighted by molar-refractivity contribution is -0.140. The van der Waals surface area contributed by atoms with E-state index in [-0.39, 0.29) is 29.1 Å². The van der Waals surface area contributed by atoms with Gasteiger partial charge in [0.05, 0.1) is 5.56 Å². The third-order valence-electron chi connectivity index (χ3n) is 7.10. The van der Waals surface area contributed by atoms with Crippen molar-refractivity contribution in [1.82, 2.24) is 14.8 Å². The number of pyridine rings is 1. The molecule has 1 saturated heterocycles. The van der Waals surface area contributed by atoms with Gasteiger partial charge >= 0.3 is 0 Å². The van der Waals surface area contributed by atoms with Gasteiger partial charge < -0.3 is 16.0 Å². The number of amides is 3. The van der Waals surface area contributed by atoms with E-state index in [2.05, 4.69) is 22.1 Å². The molecule has 1 aromatic carbocycles. The van der Waals surface area contributed by atoms with Crippen LogP contribution in [0.15, 0.2) is 30.5 Å². The van der Waals surface area contributed by atoms with Gasteiger partial charge in [-0.2, -0.15) is 0 Å². The van der Waals surface area contributed by atoms with Crippen molar-refractivity contribution in [3.8, 4) is 0 Å². The Labute approximate surface area is 204 Å². The summed E-state index contributed by atoms with van der Waals surface area (Å²) in [4.78, 5) is 44.9. The number of hydrogen-bond acceptors (Lipinski definition) is 5. The van der Waals surface area contributed by atoms with E-state index in [1.807, 2.05) is 11.8 Å². The predicted octanol–water partition coefficient (Wildman–Crippen LogP) is 3.10. The van der Waals surface area contributed by atoms with Crippen LogP contribution in [0.5, 0.6) is 0 Å². The summed E-state index contributed by atoms with van der Waals surface area (Å²) in [5, 5.41) is 2.73. The smallest absolute Gasteiger partial charge is 0.274 e. The summed E-state index contributed by atoms with van der Waals surface area (Å²) in [7, 11) is 0. The van der Waals surface area contributed by atoms with E-state index in [1.165, 1.54) is 30.5 Å². The minimum atomic E-state index is -0.631. The average molecular weight is 482 g/mol. The Morgan fingerprint density at radius 2 is 1.91 bits per heavy atom. The quantitative estimate of drug-likeness (QED) is 0.659. The van der Waals surface area contributed by atoms with Gasteiger partial charge in [0, 0.05) is 50.0 Å². The Morgan fingerprint density at radius 1 is 1.17 bits per heavy atom. The molecule has 0 spiro atoms. The van der Waals surface area contributed by atoms with Crippen molar-refractivity contribution in [3.63, 3.8) is 0 Å². The highest BCUT2D eigenvalue weighted by Gasteiger charge is 2.33. The van der Waals surface area contributed by atoms with Crippen LogP contribution in [0, 0.1) is 18.7 Å². The Bertz CT molecular complexity index is 1110. The van der Waals surface area contributed by atoms with Crippen LogP contribution >= 0.6 is 0 Å². The summed E-state index contributed by atoms with van der Waals surface area (Å²) < 4.78 is 14.5. The molecule has 4 rings (SSSR count). The summed E-state index contributed by atoms with van der Waals surface area (Å²) >= 11 is 0. The molecule has 1 aliphatic heterocycles. The standard InChI is InChI=1S/C26H32FN5O3/c1-16-14-31(9-10-32(16)26(35)18-5-3-4-6-18)15-20-11-21(27)12-23(17(20)2)30-25(34)22-8-7-19(13-29-22)24(28)33/h7-8,11-13,16,18H,3-6,9-10,14-15H2,1-2H3,(H2,28,33)(H,30,34)/t16-/m0/s1. The van der Waals surface area contributed by atoms with Gasteiger partial charge in [0.2, 0.25) is 11.8 Å². The van der Waals surface area contributed by atoms with Gasteiger partial charge in [0.25, 0.3) is 5.91 Å². The van der Waals surface area contributed by atoms with Gasteiger partial charge in [-0.05, 0) is 62.1 Å². The van der Waals surface area contributed by atoms with E-state index < -0.39 is 17.6 Å². The van der Waals surface area contributed by atoms with Gasteiger partial charge in [-0.3, -0.25) is 24.3 Å². The highest BCUT2D eigenvalue weighted by Crippen LogP contribution is 2.29. The number of anilines is 1. The molecule has 8 nitrogen and oxygen atoms in total. The number of carbonyl (C=O) groups is 3. The number of rotatable bonds is 6. The molecular formula is C26H32FN5O3. The molecule has 2 aromatic rings. The van der Waals surface area contributed by atoms with Crippen LogP contribution in [0.1, 0.15) is 64.6 Å². The number of primary amides is 1. The Balaban J connectivity index is 1.42. The number of piperazine rings is 1. The maximum absolute atomic E-state index is 14.5. The highest BCUT2D eigenvalue weighted by atomic mass is 19.1. The van der Waals surface area contributed by atoms with Crippen molar-refractivity contribution in [2.75, 3.05) is 25.0 Å². The third-order valence-corrected chi connectivity index (χ3v) is 7.10. The SMILES string of the molecule is Cc1c(CN2CCN(C(=O)C3CCCC3)[C@@H](C)C2)cc(F)cc1NC(=O)c1ccc(C(N)=O)cn1. The van der Waals surface area contributed by atoms with E-state index in [1.54, 1.807) is 0 Å². The molecule has 186 valence electrons. The zero-order valence-electron chi connectivity index (χ0n) is 20.2. The number of aromatic nitrogens is 1. The number of hydrogen-bond donors (Lipinski definition) is 2. The fraction of sp³-hybridized carbons (Fsp3) is 0.462. The molecule has 0 unspecified atom stereocenters. The highest BCUT2D eigenvalue weighted by molar-refractivity contribution is 6.03. The second-order valence-electron chi connectivity index (χ2n) is 9.59. The van der Waals surface area contributed by atoms with Gasteiger partial charge in [0.1, 0.15) is 11.5 Å². The lowest BCUT2D eigenvalue weighted by atomic mass is 10.0. The molecule has 2 heterocycles. The molecular weight excluding hydrogens is 449 g/mol. The third kappa shape index (κ3) is 5.67. The summed E-state index contributed by atoms with van der Waals surface area (Å²) in [6.07, 6.45) is 5.49. The van der Waals surface area contributed by atoms with Gasteiger partial charge in [-0.15, -0.1) is 0 Å². The van der Waals surface area contributed by atoms with Crippen molar-refractivity contribution >= 4 is 23.4 Å². The number of halogens is 1. The van der Waals surface area contributed by atoms with E-state index in [0.29, 0.717) is 25.3 Å². The molecule has 2 aliphatic rings. The average Bonchev–Trinajstić information content (AvgIpc) is 3.37. The minimum Gasteiger partial charge on any atom is -0.366 e. The summed E-state index contributed by atoms with van der Waals surface area (Å²) in [6, 6.07) is 5.70. The van der Waals surface area contributed by atoms with Crippen LogP contribution in [0.2, 0.25) is 0 Å². The first kappa shape index (κ1) is 24.8. The van der Waals surface area contributed by atoms with Gasteiger partial charge in [-0.25, -0.2) is 4.39 Å². The maximum atomic E-state index is 14.5. The first-order valence-corrected chi connectivity index (χ1v) is 12.1. The fourth-order valence-corrected chi connectivity index (χ4v) is 5.04. The molecule has 9 heteroatoms. The second-order valence-corrected chi connectivity index (χ2v) is 9.59. The zero-order valence-corrected chi connectivity index (χ0v) is 20.2. The second kappa shape index (κ2) is 10.5. The molecule has 0 radical (unpaired) electrons. The van der Waals surface area contributed by atoms with Crippen LogP contribution in [0.3, 0.4) is 0 Å². The Hall–Kier alpha value is -3.33. The number of nitrogens with one attached hydrogen (secondary N) is 1. The first-order valence-electron chi connectivity index (χ1n) is 12.1. The number of nitrogens with zero attached hydrogens (tertiary/aromatic N) is 3. The lowest BCUT2D eigenvalue weighted by Gasteiger charge is -2.41. The topological polar surface area (TPSA) is 109 Å². The number of nitrogens with two attached hydrogens (primary N) is 1. The van der Waals surface area contributed by atoms with Crippen molar-refractivity contribution in [1.29, 1.82) is 0 Å². The first-order chi connectivity index (χ1) is 16.7. The van der Waals surface area contributed by atoms with Crippen LogP contribution < -0.4 is 11.1 Å². The van der Waals surface area contributed by atoms with E-state index in [4.69, 9.17) is 5.73 Å². The number of carbonyl (C=O) groups excluding carboxylic acids is 3. The van der Waals surface area contributed by atoms with Crippen molar-refractivity contribution in [2.45, 2.75) is 52.1 Å². The fourth-order valence-electron chi connectivity index (χ4n) is 5.04. The molecule has 0 bridgehead atoms. The molecule has 1 saturated carbocycles. The minimum absolute atomic E-state index is 0.0945. The summed E-state index contributed by atoms with van der Waals surface area (Å²) in [5.41, 5.74) is 7.42. The molecule has 2 fully saturated rings. The normalized spacial score (nSPS) is 19.1. The molecule has 1 aliphatic carbocycles. The summed E-state index contributed by atoms with van der Waals surface area (Å²) in [5.74, 6) is -1.14. The van der Waals surface area contributed by atoms with Crippen LogP contribution in [-0.4, -0.2) is 58.2 Å². The number of benzene rings is 1. The van der Waals surface area contributed by atoms with Crippen LogP contribution in [0.4, 0.5) is 10.1 Å². The Morgan fingerprint density at radius 3 is 2.54 bits per heavy atom. The van der Waals surface area contributed by atoms with Crippen LogP contribution in [0.25, 0.3) is 0 Å². The lowest BCUT2D eigenvalue weighted by Crippen LogP contribution is -2.54. The maximum Gasteiger partial charge on any atom is 0.274 e. The van der Waals surface area contributed by atoms with E-state index >= 15 is 0 Å².